The van der Waals surface area contributed by atoms with Gasteiger partial charge in [-0.3, -0.25) is 25.2 Å². The molecule has 1 heterocycles. The average molecular weight is 406 g/mol. The predicted octanol–water partition coefficient (Wildman–Crippen LogP) is 2.44. The fourth-order valence-electron chi connectivity index (χ4n) is 2.56. The minimum Gasteiger partial charge on any atom is -0.459 e. The van der Waals surface area contributed by atoms with Gasteiger partial charge in [-0.15, -0.1) is 0 Å². The van der Waals surface area contributed by atoms with Crippen molar-refractivity contribution in [3.63, 3.8) is 0 Å². The molecule has 152 valence electrons. The molecule has 0 saturated carbocycles. The van der Waals surface area contributed by atoms with Crippen LogP contribution in [0.3, 0.4) is 0 Å². The van der Waals surface area contributed by atoms with Gasteiger partial charge in [0.05, 0.1) is 11.8 Å². The lowest BCUT2D eigenvalue weighted by Crippen LogP contribution is -2.43. The molecule has 0 fully saturated rings. The van der Waals surface area contributed by atoms with E-state index in [2.05, 4.69) is 10.9 Å². The molecule has 8 heteroatoms. The van der Waals surface area contributed by atoms with Crippen LogP contribution in [-0.2, 0) is 9.53 Å². The first-order valence-corrected chi connectivity index (χ1v) is 8.96. The molecular formula is C22H18N2O6. The summed E-state index contributed by atoms with van der Waals surface area (Å²) in [5.74, 6) is -2.58. The average Bonchev–Trinajstić information content (AvgIpc) is 3.31. The maximum absolute atomic E-state index is 12.8. The molecule has 3 rings (SSSR count). The molecule has 0 spiro atoms. The Balaban J connectivity index is 1.60. The fraction of sp³-hybridized carbons (Fsp3) is 0.0909. The third kappa shape index (κ3) is 4.99. The van der Waals surface area contributed by atoms with E-state index in [4.69, 9.17) is 9.15 Å². The molecule has 8 nitrogen and oxygen atoms in total. The number of furan rings is 1. The summed E-state index contributed by atoms with van der Waals surface area (Å²) in [6, 6.07) is 16.1. The maximum atomic E-state index is 12.8. The number of hydrogen-bond acceptors (Lipinski definition) is 6. The van der Waals surface area contributed by atoms with Crippen LogP contribution < -0.4 is 10.9 Å². The van der Waals surface area contributed by atoms with Crippen LogP contribution in [0, 0.1) is 6.92 Å². The van der Waals surface area contributed by atoms with E-state index < -0.39 is 24.4 Å². The van der Waals surface area contributed by atoms with Gasteiger partial charge in [0.1, 0.15) is 0 Å². The van der Waals surface area contributed by atoms with Crippen molar-refractivity contribution in [3.8, 4) is 0 Å². The lowest BCUT2D eigenvalue weighted by molar-refractivity contribution is -0.125. The lowest BCUT2D eigenvalue weighted by Gasteiger charge is -2.10. The van der Waals surface area contributed by atoms with Crippen molar-refractivity contribution in [2.45, 2.75) is 6.92 Å². The molecule has 0 aliphatic carbocycles. The highest BCUT2D eigenvalue weighted by Gasteiger charge is 2.20. The summed E-state index contributed by atoms with van der Waals surface area (Å²) in [7, 11) is 0. The molecule has 1 aromatic heterocycles. The molecular weight excluding hydrogens is 388 g/mol. The zero-order valence-corrected chi connectivity index (χ0v) is 16.0. The van der Waals surface area contributed by atoms with Crippen LogP contribution in [0.5, 0.6) is 0 Å². The molecule has 0 unspecified atom stereocenters. The fourth-order valence-corrected chi connectivity index (χ4v) is 2.56. The third-order valence-corrected chi connectivity index (χ3v) is 4.10. The predicted molar refractivity (Wildman–Crippen MR) is 106 cm³/mol. The monoisotopic (exact) mass is 406 g/mol. The van der Waals surface area contributed by atoms with E-state index in [0.29, 0.717) is 5.56 Å². The zero-order chi connectivity index (χ0) is 21.5. The Morgan fingerprint density at radius 1 is 0.867 bits per heavy atom. The largest absolute Gasteiger partial charge is 0.459 e. The molecule has 2 aromatic carbocycles. The zero-order valence-electron chi connectivity index (χ0n) is 16.0. The van der Waals surface area contributed by atoms with Gasteiger partial charge in [0, 0.05) is 11.1 Å². The van der Waals surface area contributed by atoms with Gasteiger partial charge in [0.2, 0.25) is 0 Å². The lowest BCUT2D eigenvalue weighted by atomic mass is 9.98. The summed E-state index contributed by atoms with van der Waals surface area (Å²) in [4.78, 5) is 48.7. The summed E-state index contributed by atoms with van der Waals surface area (Å²) >= 11 is 0. The number of nitrogens with one attached hydrogen (secondary N) is 2. The van der Waals surface area contributed by atoms with Crippen molar-refractivity contribution in [1.82, 2.24) is 10.9 Å². The Kier molecular flexibility index (Phi) is 6.39. The van der Waals surface area contributed by atoms with Gasteiger partial charge in [0.15, 0.2) is 18.2 Å². The Bertz CT molecular complexity index is 1070. The highest BCUT2D eigenvalue weighted by Crippen LogP contribution is 2.16. The van der Waals surface area contributed by atoms with Crippen LogP contribution in [0.2, 0.25) is 0 Å². The molecule has 0 aliphatic rings. The SMILES string of the molecule is Cc1ccc(C(=O)c2ccccc2C(=O)OCC(=O)NNC(=O)c2ccco2)cc1. The summed E-state index contributed by atoms with van der Waals surface area (Å²) < 4.78 is 9.86. The Labute approximate surface area is 171 Å². The van der Waals surface area contributed by atoms with Crippen molar-refractivity contribution in [1.29, 1.82) is 0 Å². The molecule has 3 aromatic rings. The molecule has 2 N–H and O–H groups in total. The van der Waals surface area contributed by atoms with Crippen molar-refractivity contribution >= 4 is 23.6 Å². The number of carbonyl (C=O) groups excluding carboxylic acids is 4. The number of hydrazine groups is 1. The quantitative estimate of drug-likeness (QED) is 0.369. The first kappa shape index (κ1) is 20.5. The number of carbonyl (C=O) groups is 4. The van der Waals surface area contributed by atoms with E-state index in [1.807, 2.05) is 6.92 Å². The van der Waals surface area contributed by atoms with E-state index in [9.17, 15) is 19.2 Å². The van der Waals surface area contributed by atoms with Crippen LogP contribution in [-0.4, -0.2) is 30.2 Å². The van der Waals surface area contributed by atoms with E-state index in [0.717, 1.165) is 5.56 Å². The summed E-state index contributed by atoms with van der Waals surface area (Å²) in [5.41, 5.74) is 5.87. The number of ether oxygens (including phenoxy) is 1. The number of amides is 2. The summed E-state index contributed by atoms with van der Waals surface area (Å²) in [6.07, 6.45) is 1.31. The summed E-state index contributed by atoms with van der Waals surface area (Å²) in [6.45, 7) is 1.26. The van der Waals surface area contributed by atoms with Crippen LogP contribution in [0.15, 0.2) is 71.3 Å². The van der Waals surface area contributed by atoms with Gasteiger partial charge >= 0.3 is 11.9 Å². The van der Waals surface area contributed by atoms with Crippen LogP contribution >= 0.6 is 0 Å². The molecule has 0 radical (unpaired) electrons. The van der Waals surface area contributed by atoms with E-state index >= 15 is 0 Å². The standard InChI is InChI=1S/C22H18N2O6/c1-14-8-10-15(11-9-14)20(26)16-5-2-3-6-17(16)22(28)30-13-19(25)23-24-21(27)18-7-4-12-29-18/h2-12H,13H2,1H3,(H,23,25)(H,24,27). The highest BCUT2D eigenvalue weighted by molar-refractivity contribution is 6.14. The van der Waals surface area contributed by atoms with Gasteiger partial charge in [-0.25, -0.2) is 4.79 Å². The topological polar surface area (TPSA) is 115 Å². The molecule has 2 amide bonds. The Morgan fingerprint density at radius 3 is 2.23 bits per heavy atom. The number of ketones is 1. The minimum atomic E-state index is -0.835. The van der Waals surface area contributed by atoms with E-state index in [1.165, 1.54) is 30.5 Å². The van der Waals surface area contributed by atoms with Gasteiger partial charge in [0.25, 0.3) is 5.91 Å². The van der Waals surface area contributed by atoms with Crippen molar-refractivity contribution in [2.24, 2.45) is 0 Å². The summed E-state index contributed by atoms with van der Waals surface area (Å²) in [5, 5.41) is 0. The normalized spacial score (nSPS) is 10.2. The first-order valence-electron chi connectivity index (χ1n) is 8.96. The Hall–Kier alpha value is -4.20. The van der Waals surface area contributed by atoms with Crippen molar-refractivity contribution < 1.29 is 28.3 Å². The molecule has 30 heavy (non-hydrogen) atoms. The van der Waals surface area contributed by atoms with E-state index in [-0.39, 0.29) is 22.7 Å². The Morgan fingerprint density at radius 2 is 1.57 bits per heavy atom. The smallest absolute Gasteiger partial charge is 0.339 e. The van der Waals surface area contributed by atoms with Crippen molar-refractivity contribution in [2.75, 3.05) is 6.61 Å². The van der Waals surface area contributed by atoms with Crippen molar-refractivity contribution in [3.05, 3.63) is 94.9 Å². The highest BCUT2D eigenvalue weighted by atomic mass is 16.5. The minimum absolute atomic E-state index is 0.0100. The second kappa shape index (κ2) is 9.33. The molecule has 0 bridgehead atoms. The van der Waals surface area contributed by atoms with Crippen LogP contribution in [0.4, 0.5) is 0 Å². The second-order valence-electron chi connectivity index (χ2n) is 6.30. The van der Waals surface area contributed by atoms with Gasteiger partial charge < -0.3 is 9.15 Å². The van der Waals surface area contributed by atoms with Crippen LogP contribution in [0.25, 0.3) is 0 Å². The molecule has 0 saturated heterocycles. The van der Waals surface area contributed by atoms with Crippen LogP contribution in [0.1, 0.15) is 42.4 Å². The number of esters is 1. The maximum Gasteiger partial charge on any atom is 0.339 e. The van der Waals surface area contributed by atoms with Gasteiger partial charge in [-0.2, -0.15) is 0 Å². The van der Waals surface area contributed by atoms with E-state index in [1.54, 1.807) is 36.4 Å². The molecule has 0 atom stereocenters. The van der Waals surface area contributed by atoms with Gasteiger partial charge in [-0.05, 0) is 25.1 Å². The number of aryl methyl sites for hydroxylation is 1. The number of rotatable bonds is 6. The number of hydrogen-bond donors (Lipinski definition) is 2. The first-order chi connectivity index (χ1) is 14.5. The molecule has 0 aliphatic heterocycles. The second-order valence-corrected chi connectivity index (χ2v) is 6.30. The van der Waals surface area contributed by atoms with Gasteiger partial charge in [-0.1, -0.05) is 48.0 Å². The third-order valence-electron chi connectivity index (χ3n) is 4.10. The number of benzene rings is 2.